The van der Waals surface area contributed by atoms with Crippen LogP contribution in [-0.4, -0.2) is 47.6 Å². The van der Waals surface area contributed by atoms with Gasteiger partial charge in [-0.05, 0) is 74.1 Å². The maximum atomic E-state index is 15.0. The second-order valence-electron chi connectivity index (χ2n) is 10.3. The lowest BCUT2D eigenvalue weighted by Crippen LogP contribution is -2.41. The van der Waals surface area contributed by atoms with Crippen LogP contribution in [0, 0.1) is 5.95 Å². The van der Waals surface area contributed by atoms with Gasteiger partial charge in [-0.1, -0.05) is 18.2 Å². The topological polar surface area (TPSA) is 80.5 Å². The standard InChI is InChI=1S/C29H30F4N4O2/c1-16(2)37-11-8-20(9-12-37)39-25-6-4-18(14-24(25)29(31,32)33)22-15-23(27(34)36-26(22)30)17-3-5-21-19(13-17)7-10-35-28(21)38/h3-6,13-16,20H,7-12H2,1-2H3,(H2,34,36)(H,35,38). The Labute approximate surface area is 224 Å². The van der Waals surface area contributed by atoms with E-state index >= 15 is 0 Å². The molecule has 1 saturated heterocycles. The Kier molecular flexibility index (Phi) is 7.24. The molecular weight excluding hydrogens is 512 g/mol. The predicted molar refractivity (Wildman–Crippen MR) is 141 cm³/mol. The van der Waals surface area contributed by atoms with E-state index in [0.29, 0.717) is 48.5 Å². The number of nitrogens with zero attached hydrogens (tertiary/aromatic N) is 2. The molecule has 3 N–H and O–H groups in total. The van der Waals surface area contributed by atoms with E-state index < -0.39 is 17.7 Å². The molecule has 5 rings (SSSR count). The van der Waals surface area contributed by atoms with E-state index in [1.165, 1.54) is 18.2 Å². The van der Waals surface area contributed by atoms with Crippen molar-refractivity contribution in [1.82, 2.24) is 15.2 Å². The van der Waals surface area contributed by atoms with Gasteiger partial charge in [-0.3, -0.25) is 4.79 Å². The van der Waals surface area contributed by atoms with Crippen LogP contribution in [0.15, 0.2) is 42.5 Å². The Morgan fingerprint density at radius 2 is 1.72 bits per heavy atom. The van der Waals surface area contributed by atoms with E-state index in [1.807, 2.05) is 0 Å². The predicted octanol–water partition coefficient (Wildman–Crippen LogP) is 5.69. The van der Waals surface area contributed by atoms with Crippen LogP contribution in [0.25, 0.3) is 22.3 Å². The highest BCUT2D eigenvalue weighted by atomic mass is 19.4. The number of hydrogen-bond acceptors (Lipinski definition) is 5. The summed E-state index contributed by atoms with van der Waals surface area (Å²) in [5.74, 6) is -1.52. The van der Waals surface area contributed by atoms with Gasteiger partial charge in [0, 0.05) is 42.4 Å². The molecular formula is C29H30F4N4O2. The lowest BCUT2D eigenvalue weighted by atomic mass is 9.93. The largest absolute Gasteiger partial charge is 0.490 e. The van der Waals surface area contributed by atoms with E-state index in [0.717, 1.165) is 24.7 Å². The van der Waals surface area contributed by atoms with Gasteiger partial charge < -0.3 is 20.7 Å². The second-order valence-corrected chi connectivity index (χ2v) is 10.3. The van der Waals surface area contributed by atoms with Crippen molar-refractivity contribution in [3.05, 3.63) is 65.1 Å². The minimum absolute atomic E-state index is 0.00731. The fourth-order valence-electron chi connectivity index (χ4n) is 5.24. The molecule has 3 heterocycles. The van der Waals surface area contributed by atoms with Crippen molar-refractivity contribution in [2.75, 3.05) is 25.4 Å². The molecule has 0 spiro atoms. The van der Waals surface area contributed by atoms with Crippen LogP contribution in [0.4, 0.5) is 23.4 Å². The number of carbonyl (C=O) groups excluding carboxylic acids is 1. The molecule has 2 aliphatic rings. The minimum Gasteiger partial charge on any atom is -0.490 e. The summed E-state index contributed by atoms with van der Waals surface area (Å²) < 4.78 is 63.2. The fraction of sp³-hybridized carbons (Fsp3) is 0.379. The number of likely N-dealkylation sites (tertiary alicyclic amines) is 1. The number of amides is 1. The van der Waals surface area contributed by atoms with Crippen molar-refractivity contribution in [2.45, 2.75) is 51.4 Å². The number of hydrogen-bond donors (Lipinski definition) is 2. The lowest BCUT2D eigenvalue weighted by Gasteiger charge is -2.35. The molecule has 10 heteroatoms. The number of ether oxygens (including phenoxy) is 1. The zero-order chi connectivity index (χ0) is 27.9. The molecule has 0 aliphatic carbocycles. The number of benzene rings is 2. The molecule has 0 atom stereocenters. The summed E-state index contributed by atoms with van der Waals surface area (Å²) in [4.78, 5) is 18.1. The third-order valence-electron chi connectivity index (χ3n) is 7.44. The first-order valence-electron chi connectivity index (χ1n) is 13.0. The molecule has 206 valence electrons. The van der Waals surface area contributed by atoms with Gasteiger partial charge in [0.25, 0.3) is 5.91 Å². The van der Waals surface area contributed by atoms with Crippen molar-refractivity contribution < 1.29 is 27.1 Å². The van der Waals surface area contributed by atoms with Gasteiger partial charge >= 0.3 is 6.18 Å². The van der Waals surface area contributed by atoms with Gasteiger partial charge in [0.2, 0.25) is 5.95 Å². The van der Waals surface area contributed by atoms with Crippen molar-refractivity contribution in [3.8, 4) is 28.0 Å². The number of pyridine rings is 1. The summed E-state index contributed by atoms with van der Waals surface area (Å²) in [7, 11) is 0. The molecule has 0 bridgehead atoms. The quantitative estimate of drug-likeness (QED) is 0.320. The number of halogens is 4. The van der Waals surface area contributed by atoms with E-state index in [-0.39, 0.29) is 34.7 Å². The number of fused-ring (bicyclic) bond motifs is 1. The summed E-state index contributed by atoms with van der Waals surface area (Å²) in [5, 5.41) is 2.77. The molecule has 2 aromatic carbocycles. The van der Waals surface area contributed by atoms with Gasteiger partial charge in [-0.15, -0.1) is 0 Å². The first-order valence-corrected chi connectivity index (χ1v) is 13.0. The normalized spacial score (nSPS) is 16.7. The summed E-state index contributed by atoms with van der Waals surface area (Å²) in [6.07, 6.45) is -3.18. The second kappa shape index (κ2) is 10.5. The van der Waals surface area contributed by atoms with Crippen molar-refractivity contribution >= 4 is 11.7 Å². The van der Waals surface area contributed by atoms with Crippen molar-refractivity contribution in [2.24, 2.45) is 0 Å². The summed E-state index contributed by atoms with van der Waals surface area (Å²) >= 11 is 0. The van der Waals surface area contributed by atoms with E-state index in [1.54, 1.807) is 18.2 Å². The third kappa shape index (κ3) is 5.56. The maximum absolute atomic E-state index is 15.0. The average molecular weight is 543 g/mol. The molecule has 0 saturated carbocycles. The smallest absolute Gasteiger partial charge is 0.419 e. The Bertz CT molecular complexity index is 1400. The average Bonchev–Trinajstić information content (AvgIpc) is 2.89. The van der Waals surface area contributed by atoms with Crippen LogP contribution < -0.4 is 15.8 Å². The zero-order valence-electron chi connectivity index (χ0n) is 21.7. The number of aromatic nitrogens is 1. The SMILES string of the molecule is CC(C)N1CCC(Oc2ccc(-c3cc(-c4ccc5c(c4)CCNC5=O)c(N)nc3F)cc2C(F)(F)F)CC1. The fourth-order valence-corrected chi connectivity index (χ4v) is 5.24. The van der Waals surface area contributed by atoms with E-state index in [2.05, 4.69) is 29.0 Å². The molecule has 39 heavy (non-hydrogen) atoms. The van der Waals surface area contributed by atoms with Crippen molar-refractivity contribution in [3.63, 3.8) is 0 Å². The zero-order valence-corrected chi connectivity index (χ0v) is 21.7. The molecule has 1 aromatic heterocycles. The van der Waals surface area contributed by atoms with Gasteiger partial charge in [0.15, 0.2) is 0 Å². The van der Waals surface area contributed by atoms with Crippen molar-refractivity contribution in [1.29, 1.82) is 0 Å². The summed E-state index contributed by atoms with van der Waals surface area (Å²) in [6.45, 7) is 6.16. The number of anilines is 1. The van der Waals surface area contributed by atoms with Crippen LogP contribution in [0.5, 0.6) is 5.75 Å². The molecule has 1 amide bonds. The number of nitrogens with one attached hydrogen (secondary N) is 1. The Balaban J connectivity index is 1.48. The highest BCUT2D eigenvalue weighted by Gasteiger charge is 2.36. The van der Waals surface area contributed by atoms with Gasteiger partial charge in [-0.2, -0.15) is 17.6 Å². The van der Waals surface area contributed by atoms with Crippen LogP contribution in [0.3, 0.4) is 0 Å². The number of carbonyl (C=O) groups is 1. The lowest BCUT2D eigenvalue weighted by molar-refractivity contribution is -0.139. The molecule has 2 aliphatic heterocycles. The van der Waals surface area contributed by atoms with Gasteiger partial charge in [0.1, 0.15) is 17.7 Å². The summed E-state index contributed by atoms with van der Waals surface area (Å²) in [6, 6.07) is 10.4. The van der Waals surface area contributed by atoms with Gasteiger partial charge in [-0.25, -0.2) is 4.98 Å². The van der Waals surface area contributed by atoms with Gasteiger partial charge in [0.05, 0.1) is 5.56 Å². The highest BCUT2D eigenvalue weighted by Crippen LogP contribution is 2.41. The van der Waals surface area contributed by atoms with Crippen LogP contribution in [-0.2, 0) is 12.6 Å². The number of piperidine rings is 1. The minimum atomic E-state index is -4.70. The Morgan fingerprint density at radius 3 is 2.41 bits per heavy atom. The molecule has 0 radical (unpaired) electrons. The summed E-state index contributed by atoms with van der Waals surface area (Å²) in [5.41, 5.74) is 7.26. The number of alkyl halides is 3. The van der Waals surface area contributed by atoms with E-state index in [4.69, 9.17) is 10.5 Å². The van der Waals surface area contributed by atoms with Crippen LogP contribution in [0.1, 0.15) is 48.2 Å². The van der Waals surface area contributed by atoms with Crippen LogP contribution >= 0.6 is 0 Å². The first-order chi connectivity index (χ1) is 18.5. The monoisotopic (exact) mass is 542 g/mol. The maximum Gasteiger partial charge on any atom is 0.419 e. The Hall–Kier alpha value is -3.66. The third-order valence-corrected chi connectivity index (χ3v) is 7.44. The first kappa shape index (κ1) is 26.9. The van der Waals surface area contributed by atoms with E-state index in [9.17, 15) is 22.4 Å². The molecule has 3 aromatic rings. The Morgan fingerprint density at radius 1 is 1.03 bits per heavy atom. The molecule has 6 nitrogen and oxygen atoms in total. The molecule has 1 fully saturated rings. The van der Waals surface area contributed by atoms with Crippen LogP contribution in [0.2, 0.25) is 0 Å². The highest BCUT2D eigenvalue weighted by molar-refractivity contribution is 5.97. The number of nitrogen functional groups attached to an aromatic ring is 1. The number of nitrogens with two attached hydrogens (primary N) is 1. The molecule has 0 unspecified atom stereocenters. The number of rotatable bonds is 5.